The van der Waals surface area contributed by atoms with Crippen LogP contribution in [0.2, 0.25) is 0 Å². The maximum Gasteiger partial charge on any atom is 0.346 e. The molecule has 0 unspecified atom stereocenters. The van der Waals surface area contributed by atoms with E-state index in [0.717, 1.165) is 17.5 Å². The number of amides is 1. The van der Waals surface area contributed by atoms with Gasteiger partial charge in [0.25, 0.3) is 0 Å². The summed E-state index contributed by atoms with van der Waals surface area (Å²) in [6.45, 7) is 2.23. The molecule has 0 radical (unpaired) electrons. The fourth-order valence-corrected chi connectivity index (χ4v) is 2.97. The second-order valence-electron chi connectivity index (χ2n) is 5.14. The predicted molar refractivity (Wildman–Crippen MR) is 96.6 cm³/mol. The van der Waals surface area contributed by atoms with Gasteiger partial charge in [0, 0.05) is 5.69 Å². The van der Waals surface area contributed by atoms with Crippen LogP contribution < -0.4 is 15.7 Å². The molecule has 0 bridgehead atoms. The third kappa shape index (κ3) is 5.62. The number of hydrogen-bond donors (Lipinski definition) is 2. The Bertz CT molecular complexity index is 823. The summed E-state index contributed by atoms with van der Waals surface area (Å²) in [5, 5.41) is 2.86. The number of rotatable bonds is 8. The summed E-state index contributed by atoms with van der Waals surface area (Å²) in [6, 6.07) is 9.26. The van der Waals surface area contributed by atoms with Crippen molar-refractivity contribution in [3.05, 3.63) is 52.1 Å². The predicted octanol–water partition coefficient (Wildman–Crippen LogP) is 1.15. The number of thioether (sulfide) groups is 1. The molecule has 0 atom stereocenters. The highest BCUT2D eigenvalue weighted by Gasteiger charge is 2.19. The molecule has 0 fully saturated rings. The smallest absolute Gasteiger partial charge is 0.346 e. The van der Waals surface area contributed by atoms with Crippen molar-refractivity contribution in [3.63, 3.8) is 0 Å². The van der Waals surface area contributed by atoms with E-state index in [1.54, 1.807) is 6.92 Å². The van der Waals surface area contributed by atoms with Gasteiger partial charge in [-0.05, 0) is 19.1 Å². The molecule has 9 heteroatoms. The first-order chi connectivity index (χ1) is 12.5. The van der Waals surface area contributed by atoms with Gasteiger partial charge in [-0.15, -0.1) is 0 Å². The largest absolute Gasteiger partial charge is 0.492 e. The van der Waals surface area contributed by atoms with Crippen LogP contribution in [0.25, 0.3) is 0 Å². The fraction of sp³-hybridized carbons (Fsp3) is 0.294. The minimum absolute atomic E-state index is 0.00518. The number of ether oxygens (including phenoxy) is 2. The highest BCUT2D eigenvalue weighted by Crippen LogP contribution is 2.21. The van der Waals surface area contributed by atoms with E-state index in [1.165, 1.54) is 7.11 Å². The second-order valence-corrected chi connectivity index (χ2v) is 6.10. The number of hydrogen-bond acceptors (Lipinski definition) is 7. The van der Waals surface area contributed by atoms with Crippen molar-refractivity contribution in [2.45, 2.75) is 11.9 Å². The van der Waals surface area contributed by atoms with Crippen molar-refractivity contribution in [3.8, 4) is 5.75 Å². The van der Waals surface area contributed by atoms with Crippen molar-refractivity contribution in [1.82, 2.24) is 15.3 Å². The molecule has 1 amide bonds. The minimum atomic E-state index is -0.620. The Balaban J connectivity index is 1.85. The first kappa shape index (κ1) is 19.5. The Morgan fingerprint density at radius 1 is 1.27 bits per heavy atom. The summed E-state index contributed by atoms with van der Waals surface area (Å²) in [6.07, 6.45) is 0. The maximum absolute atomic E-state index is 11.9. The van der Waals surface area contributed by atoms with E-state index in [-0.39, 0.29) is 22.2 Å². The Hall–Kier alpha value is -2.81. The molecule has 0 spiro atoms. The van der Waals surface area contributed by atoms with Gasteiger partial charge in [-0.25, -0.2) is 9.59 Å². The highest BCUT2D eigenvalue weighted by molar-refractivity contribution is 8.00. The third-order valence-electron chi connectivity index (χ3n) is 3.25. The monoisotopic (exact) mass is 377 g/mol. The maximum atomic E-state index is 11.9. The molecule has 2 rings (SSSR count). The van der Waals surface area contributed by atoms with Crippen molar-refractivity contribution < 1.29 is 19.1 Å². The first-order valence-corrected chi connectivity index (χ1v) is 8.76. The number of nitrogens with one attached hydrogen (secondary N) is 2. The molecule has 1 aromatic heterocycles. The summed E-state index contributed by atoms with van der Waals surface area (Å²) in [5.74, 6) is -0.153. The number of esters is 1. The van der Waals surface area contributed by atoms with Crippen LogP contribution in [0.3, 0.4) is 0 Å². The minimum Gasteiger partial charge on any atom is -0.492 e. The topological polar surface area (TPSA) is 110 Å². The molecule has 1 aromatic carbocycles. The number of carbonyl (C=O) groups is 2. The Morgan fingerprint density at radius 3 is 2.69 bits per heavy atom. The molecule has 26 heavy (non-hydrogen) atoms. The average molecular weight is 377 g/mol. The molecule has 2 N–H and O–H groups in total. The van der Waals surface area contributed by atoms with Crippen LogP contribution in [0.5, 0.6) is 5.75 Å². The molecule has 1 heterocycles. The number of aromatic amines is 1. The van der Waals surface area contributed by atoms with Gasteiger partial charge in [0.1, 0.15) is 22.9 Å². The van der Waals surface area contributed by atoms with E-state index in [2.05, 4.69) is 15.3 Å². The van der Waals surface area contributed by atoms with Crippen LogP contribution in [-0.2, 0) is 9.53 Å². The molecular weight excluding hydrogens is 358 g/mol. The van der Waals surface area contributed by atoms with Crippen LogP contribution in [0.1, 0.15) is 16.1 Å². The van der Waals surface area contributed by atoms with E-state index in [1.807, 2.05) is 30.3 Å². The molecule has 0 saturated carbocycles. The summed E-state index contributed by atoms with van der Waals surface area (Å²) in [4.78, 5) is 41.5. The zero-order valence-electron chi connectivity index (χ0n) is 14.4. The lowest BCUT2D eigenvalue weighted by Crippen LogP contribution is -2.29. The fourth-order valence-electron chi connectivity index (χ4n) is 2.07. The summed E-state index contributed by atoms with van der Waals surface area (Å²) >= 11 is 0.997. The third-order valence-corrected chi connectivity index (χ3v) is 4.23. The van der Waals surface area contributed by atoms with Gasteiger partial charge in [0.05, 0.1) is 19.4 Å². The Morgan fingerprint density at radius 2 is 2.00 bits per heavy atom. The molecule has 0 aliphatic rings. The molecule has 0 saturated heterocycles. The van der Waals surface area contributed by atoms with Crippen LogP contribution in [0.4, 0.5) is 0 Å². The molecule has 0 aliphatic heterocycles. The SMILES string of the molecule is COC(=O)c1c(SCC(=O)NCCOc2ccccc2)nc(=O)[nH]c1C. The lowest BCUT2D eigenvalue weighted by molar-refractivity contribution is -0.118. The van der Waals surface area contributed by atoms with Gasteiger partial charge in [-0.1, -0.05) is 30.0 Å². The van der Waals surface area contributed by atoms with Crippen LogP contribution in [0, 0.1) is 6.92 Å². The number of para-hydroxylation sites is 1. The number of H-pyrrole nitrogens is 1. The first-order valence-electron chi connectivity index (χ1n) is 7.78. The van der Waals surface area contributed by atoms with E-state index in [0.29, 0.717) is 18.8 Å². The van der Waals surface area contributed by atoms with Crippen molar-refractivity contribution in [2.75, 3.05) is 26.0 Å². The Kier molecular flexibility index (Phi) is 7.22. The number of nitrogens with zero attached hydrogens (tertiary/aromatic N) is 1. The van der Waals surface area contributed by atoms with Gasteiger partial charge in [-0.2, -0.15) is 4.98 Å². The standard InChI is InChI=1S/C17H19N3O5S/c1-11-14(16(22)24-2)15(20-17(23)19-11)26-10-13(21)18-8-9-25-12-6-4-3-5-7-12/h3-7H,8-10H2,1-2H3,(H,18,21)(H,19,20,23). The van der Waals surface area contributed by atoms with E-state index in [9.17, 15) is 14.4 Å². The van der Waals surface area contributed by atoms with Gasteiger partial charge < -0.3 is 19.8 Å². The number of benzene rings is 1. The van der Waals surface area contributed by atoms with Crippen LogP contribution >= 0.6 is 11.8 Å². The highest BCUT2D eigenvalue weighted by atomic mass is 32.2. The molecule has 0 aliphatic carbocycles. The average Bonchev–Trinajstić information content (AvgIpc) is 2.63. The van der Waals surface area contributed by atoms with Crippen LogP contribution in [-0.4, -0.2) is 47.9 Å². The second kappa shape index (κ2) is 9.62. The lowest BCUT2D eigenvalue weighted by Gasteiger charge is -2.09. The lowest BCUT2D eigenvalue weighted by atomic mass is 10.2. The van der Waals surface area contributed by atoms with Crippen LogP contribution in [0.15, 0.2) is 40.2 Å². The van der Waals surface area contributed by atoms with E-state index in [4.69, 9.17) is 9.47 Å². The summed E-state index contributed by atoms with van der Waals surface area (Å²) < 4.78 is 10.2. The number of methoxy groups -OCH3 is 1. The van der Waals surface area contributed by atoms with Gasteiger partial charge in [0.2, 0.25) is 5.91 Å². The zero-order chi connectivity index (χ0) is 18.9. The zero-order valence-corrected chi connectivity index (χ0v) is 15.2. The number of aromatic nitrogens is 2. The molecule has 138 valence electrons. The summed E-state index contributed by atoms with van der Waals surface area (Å²) in [7, 11) is 1.24. The summed E-state index contributed by atoms with van der Waals surface area (Å²) in [5.41, 5.74) is -0.0948. The molecular formula is C17H19N3O5S. The number of carbonyl (C=O) groups excluding carboxylic acids is 2. The van der Waals surface area contributed by atoms with Crippen molar-refractivity contribution >= 4 is 23.6 Å². The number of aryl methyl sites for hydroxylation is 1. The van der Waals surface area contributed by atoms with Gasteiger partial charge in [0.15, 0.2) is 0 Å². The van der Waals surface area contributed by atoms with Crippen molar-refractivity contribution in [1.29, 1.82) is 0 Å². The van der Waals surface area contributed by atoms with Gasteiger partial charge >= 0.3 is 11.7 Å². The normalized spacial score (nSPS) is 10.2. The van der Waals surface area contributed by atoms with Gasteiger partial charge in [-0.3, -0.25) is 4.79 Å². The Labute approximate surface area is 154 Å². The van der Waals surface area contributed by atoms with Crippen molar-refractivity contribution in [2.24, 2.45) is 0 Å². The molecule has 8 nitrogen and oxygen atoms in total. The van der Waals surface area contributed by atoms with E-state index >= 15 is 0 Å². The quantitative estimate of drug-likeness (QED) is 0.307. The molecule has 2 aromatic rings. The van der Waals surface area contributed by atoms with E-state index < -0.39 is 11.7 Å².